The SMILES string of the molecule is CCNc1cccc(CN(Cc2cccs2)C(C)C)n1. The van der Waals surface area contributed by atoms with Gasteiger partial charge in [-0.05, 0) is 44.4 Å². The molecule has 2 rings (SSSR count). The molecule has 0 spiro atoms. The van der Waals surface area contributed by atoms with Crippen molar-refractivity contribution in [1.82, 2.24) is 9.88 Å². The van der Waals surface area contributed by atoms with Crippen LogP contribution in [0.4, 0.5) is 5.82 Å². The summed E-state index contributed by atoms with van der Waals surface area (Å²) in [6.07, 6.45) is 0. The van der Waals surface area contributed by atoms with Crippen LogP contribution in [0.15, 0.2) is 35.7 Å². The molecule has 0 aromatic carbocycles. The number of hydrogen-bond donors (Lipinski definition) is 1. The molecule has 2 heterocycles. The third-order valence-corrected chi connectivity index (χ3v) is 4.06. The van der Waals surface area contributed by atoms with Gasteiger partial charge in [-0.25, -0.2) is 4.98 Å². The van der Waals surface area contributed by atoms with Gasteiger partial charge in [0.15, 0.2) is 0 Å². The molecule has 0 aliphatic rings. The topological polar surface area (TPSA) is 28.2 Å². The van der Waals surface area contributed by atoms with Gasteiger partial charge in [0.25, 0.3) is 0 Å². The summed E-state index contributed by atoms with van der Waals surface area (Å²) in [5.41, 5.74) is 1.12. The Labute approximate surface area is 125 Å². The number of nitrogens with zero attached hydrogens (tertiary/aromatic N) is 2. The second kappa shape index (κ2) is 7.41. The highest BCUT2D eigenvalue weighted by atomic mass is 32.1. The lowest BCUT2D eigenvalue weighted by molar-refractivity contribution is 0.203. The minimum atomic E-state index is 0.502. The predicted molar refractivity (Wildman–Crippen MR) is 87.1 cm³/mol. The quantitative estimate of drug-likeness (QED) is 0.835. The average molecular weight is 289 g/mol. The Balaban J connectivity index is 2.05. The van der Waals surface area contributed by atoms with Crippen molar-refractivity contribution in [3.05, 3.63) is 46.3 Å². The Kier molecular flexibility index (Phi) is 5.56. The van der Waals surface area contributed by atoms with Gasteiger partial charge in [-0.2, -0.15) is 0 Å². The Morgan fingerprint density at radius 1 is 1.20 bits per heavy atom. The van der Waals surface area contributed by atoms with Gasteiger partial charge < -0.3 is 5.32 Å². The third-order valence-electron chi connectivity index (χ3n) is 3.20. The summed E-state index contributed by atoms with van der Waals surface area (Å²) in [7, 11) is 0. The van der Waals surface area contributed by atoms with Gasteiger partial charge in [0.2, 0.25) is 0 Å². The van der Waals surface area contributed by atoms with E-state index in [9.17, 15) is 0 Å². The third kappa shape index (κ3) is 4.32. The average Bonchev–Trinajstić information content (AvgIpc) is 2.92. The van der Waals surface area contributed by atoms with E-state index < -0.39 is 0 Å². The minimum Gasteiger partial charge on any atom is -0.370 e. The fourth-order valence-electron chi connectivity index (χ4n) is 2.08. The number of nitrogens with one attached hydrogen (secondary N) is 1. The molecule has 4 heteroatoms. The summed E-state index contributed by atoms with van der Waals surface area (Å²) in [6, 6.07) is 11.0. The second-order valence-electron chi connectivity index (χ2n) is 5.12. The molecule has 0 radical (unpaired) electrons. The maximum absolute atomic E-state index is 4.66. The predicted octanol–water partition coefficient (Wildman–Crippen LogP) is 3.99. The van der Waals surface area contributed by atoms with Gasteiger partial charge in [0.1, 0.15) is 5.82 Å². The Bertz CT molecular complexity index is 508. The molecule has 2 aromatic rings. The first kappa shape index (κ1) is 15.0. The lowest BCUT2D eigenvalue weighted by Gasteiger charge is -2.25. The zero-order chi connectivity index (χ0) is 14.4. The number of rotatable bonds is 7. The van der Waals surface area contributed by atoms with E-state index in [1.807, 2.05) is 17.4 Å². The van der Waals surface area contributed by atoms with Gasteiger partial charge in [0.05, 0.1) is 5.69 Å². The van der Waals surface area contributed by atoms with Crippen LogP contribution in [-0.4, -0.2) is 22.5 Å². The molecule has 20 heavy (non-hydrogen) atoms. The fraction of sp³-hybridized carbons (Fsp3) is 0.438. The van der Waals surface area contributed by atoms with E-state index in [1.165, 1.54) is 4.88 Å². The number of aromatic nitrogens is 1. The molecule has 0 saturated heterocycles. The van der Waals surface area contributed by atoms with Gasteiger partial charge in [0, 0.05) is 30.6 Å². The van der Waals surface area contributed by atoms with Crippen molar-refractivity contribution in [2.75, 3.05) is 11.9 Å². The van der Waals surface area contributed by atoms with Crippen LogP contribution in [0.1, 0.15) is 31.3 Å². The molecular weight excluding hydrogens is 266 g/mol. The van der Waals surface area contributed by atoms with Gasteiger partial charge in [-0.15, -0.1) is 11.3 Å². The molecule has 0 aliphatic carbocycles. The van der Waals surface area contributed by atoms with Gasteiger partial charge in [-0.3, -0.25) is 4.90 Å². The van der Waals surface area contributed by atoms with E-state index in [4.69, 9.17) is 0 Å². The van der Waals surface area contributed by atoms with Crippen LogP contribution in [0.5, 0.6) is 0 Å². The highest BCUT2D eigenvalue weighted by Crippen LogP contribution is 2.16. The van der Waals surface area contributed by atoms with Crippen LogP contribution < -0.4 is 5.32 Å². The summed E-state index contributed by atoms with van der Waals surface area (Å²) >= 11 is 1.82. The maximum atomic E-state index is 4.66. The monoisotopic (exact) mass is 289 g/mol. The second-order valence-corrected chi connectivity index (χ2v) is 6.15. The summed E-state index contributed by atoms with van der Waals surface area (Å²) < 4.78 is 0. The lowest BCUT2D eigenvalue weighted by atomic mass is 10.2. The number of hydrogen-bond acceptors (Lipinski definition) is 4. The first-order chi connectivity index (χ1) is 9.69. The van der Waals surface area contributed by atoms with E-state index in [0.29, 0.717) is 6.04 Å². The van der Waals surface area contributed by atoms with Gasteiger partial charge >= 0.3 is 0 Å². The number of pyridine rings is 1. The molecule has 0 bridgehead atoms. The fourth-order valence-corrected chi connectivity index (χ4v) is 2.81. The summed E-state index contributed by atoms with van der Waals surface area (Å²) in [6.45, 7) is 9.34. The van der Waals surface area contributed by atoms with Crippen molar-refractivity contribution in [2.45, 2.75) is 39.9 Å². The standard InChI is InChI=1S/C16H23N3S/c1-4-17-16-9-5-7-14(18-16)11-19(13(2)3)12-15-8-6-10-20-15/h5-10,13H,4,11-12H2,1-3H3,(H,17,18). The van der Waals surface area contributed by atoms with E-state index in [0.717, 1.165) is 31.1 Å². The maximum Gasteiger partial charge on any atom is 0.126 e. The molecule has 2 aromatic heterocycles. The normalized spacial score (nSPS) is 11.2. The van der Waals surface area contributed by atoms with E-state index in [-0.39, 0.29) is 0 Å². The molecule has 0 aliphatic heterocycles. The van der Waals surface area contributed by atoms with Gasteiger partial charge in [-0.1, -0.05) is 12.1 Å². The molecule has 108 valence electrons. The molecule has 0 amide bonds. The summed E-state index contributed by atoms with van der Waals surface area (Å²) in [4.78, 5) is 8.52. The van der Waals surface area contributed by atoms with Crippen LogP contribution >= 0.6 is 11.3 Å². The minimum absolute atomic E-state index is 0.502. The first-order valence-electron chi connectivity index (χ1n) is 7.15. The molecule has 0 saturated carbocycles. The Morgan fingerprint density at radius 2 is 2.05 bits per heavy atom. The molecule has 0 fully saturated rings. The Hall–Kier alpha value is -1.39. The van der Waals surface area contributed by atoms with Crippen molar-refractivity contribution in [3.8, 4) is 0 Å². The molecule has 0 atom stereocenters. The van der Waals surface area contributed by atoms with Crippen molar-refractivity contribution in [2.24, 2.45) is 0 Å². The van der Waals surface area contributed by atoms with Crippen LogP contribution in [0.25, 0.3) is 0 Å². The van der Waals surface area contributed by atoms with Crippen molar-refractivity contribution >= 4 is 17.2 Å². The molecule has 3 nitrogen and oxygen atoms in total. The Morgan fingerprint density at radius 3 is 2.70 bits per heavy atom. The van der Waals surface area contributed by atoms with E-state index in [2.05, 4.69) is 65.6 Å². The van der Waals surface area contributed by atoms with Crippen molar-refractivity contribution in [1.29, 1.82) is 0 Å². The van der Waals surface area contributed by atoms with Crippen LogP contribution in [-0.2, 0) is 13.1 Å². The molecule has 0 unspecified atom stereocenters. The largest absolute Gasteiger partial charge is 0.370 e. The smallest absolute Gasteiger partial charge is 0.126 e. The summed E-state index contributed by atoms with van der Waals surface area (Å²) in [5.74, 6) is 0.963. The zero-order valence-electron chi connectivity index (χ0n) is 12.5. The zero-order valence-corrected chi connectivity index (χ0v) is 13.3. The van der Waals surface area contributed by atoms with E-state index >= 15 is 0 Å². The van der Waals surface area contributed by atoms with Crippen LogP contribution in [0, 0.1) is 0 Å². The summed E-state index contributed by atoms with van der Waals surface area (Å²) in [5, 5.41) is 5.41. The van der Waals surface area contributed by atoms with E-state index in [1.54, 1.807) is 0 Å². The number of thiophene rings is 1. The van der Waals surface area contributed by atoms with Crippen LogP contribution in [0.3, 0.4) is 0 Å². The molecular formula is C16H23N3S. The number of anilines is 1. The highest BCUT2D eigenvalue weighted by molar-refractivity contribution is 7.09. The van der Waals surface area contributed by atoms with Crippen molar-refractivity contribution < 1.29 is 0 Å². The van der Waals surface area contributed by atoms with Crippen molar-refractivity contribution in [3.63, 3.8) is 0 Å². The lowest BCUT2D eigenvalue weighted by Crippen LogP contribution is -2.29. The molecule has 1 N–H and O–H groups in total. The first-order valence-corrected chi connectivity index (χ1v) is 8.03. The van der Waals surface area contributed by atoms with Crippen LogP contribution in [0.2, 0.25) is 0 Å². The highest BCUT2D eigenvalue weighted by Gasteiger charge is 2.12.